The van der Waals surface area contributed by atoms with E-state index in [4.69, 9.17) is 18.6 Å². The number of fused-ring (bicyclic) bond motifs is 1. The van der Waals surface area contributed by atoms with Gasteiger partial charge >= 0.3 is 5.63 Å². The van der Waals surface area contributed by atoms with E-state index in [0.29, 0.717) is 29.0 Å². The number of anilines is 1. The fraction of sp³-hybridized carbons (Fsp3) is 0.500. The summed E-state index contributed by atoms with van der Waals surface area (Å²) in [6.45, 7) is 3.68. The number of methoxy groups -OCH3 is 1. The molecule has 2 aromatic rings. The van der Waals surface area contributed by atoms with E-state index >= 15 is 0 Å². The predicted molar refractivity (Wildman–Crippen MR) is 93.2 cm³/mol. The van der Waals surface area contributed by atoms with E-state index < -0.39 is 18.0 Å². The van der Waals surface area contributed by atoms with E-state index in [9.17, 15) is 9.90 Å². The number of hydrogen-bond donors (Lipinski definition) is 2. The minimum absolute atomic E-state index is 0.175. The van der Waals surface area contributed by atoms with Gasteiger partial charge < -0.3 is 29.1 Å². The van der Waals surface area contributed by atoms with Crippen molar-refractivity contribution >= 4 is 16.7 Å². The Morgan fingerprint density at radius 3 is 2.80 bits per heavy atom. The fourth-order valence-corrected chi connectivity index (χ4v) is 3.06. The number of nitrogens with one attached hydrogen (secondary N) is 1. The van der Waals surface area contributed by atoms with Crippen LogP contribution in [0.4, 0.5) is 5.69 Å². The molecular weight excluding hydrogens is 326 g/mol. The summed E-state index contributed by atoms with van der Waals surface area (Å²) in [5, 5.41) is 13.8. The summed E-state index contributed by atoms with van der Waals surface area (Å²) in [4.78, 5) is 11.9. The van der Waals surface area contributed by atoms with Crippen molar-refractivity contribution in [1.29, 1.82) is 0 Å². The van der Waals surface area contributed by atoms with Crippen LogP contribution in [0.2, 0.25) is 0 Å². The molecule has 2 heterocycles. The predicted octanol–water partition coefficient (Wildman–Crippen LogP) is 2.03. The molecule has 1 aliphatic rings. The van der Waals surface area contributed by atoms with Gasteiger partial charge in [-0.25, -0.2) is 4.79 Å². The molecule has 4 atom stereocenters. The molecule has 3 rings (SSSR count). The van der Waals surface area contributed by atoms with Crippen molar-refractivity contribution < 1.29 is 23.7 Å². The van der Waals surface area contributed by atoms with Crippen molar-refractivity contribution in [1.82, 2.24) is 0 Å². The third-order valence-electron chi connectivity index (χ3n) is 4.58. The molecule has 1 aromatic heterocycles. The molecule has 0 aliphatic carbocycles. The first-order valence-electron chi connectivity index (χ1n) is 8.22. The van der Waals surface area contributed by atoms with Gasteiger partial charge in [-0.2, -0.15) is 0 Å². The van der Waals surface area contributed by atoms with Crippen molar-refractivity contribution in [2.24, 2.45) is 0 Å². The average Bonchev–Trinajstić information content (AvgIpc) is 2.60. The second kappa shape index (κ2) is 7.03. The van der Waals surface area contributed by atoms with Crippen LogP contribution >= 0.6 is 0 Å². The Balaban J connectivity index is 1.89. The lowest BCUT2D eigenvalue weighted by Crippen LogP contribution is -2.49. The molecule has 1 fully saturated rings. The smallest absolute Gasteiger partial charge is 0.359 e. The highest BCUT2D eigenvalue weighted by atomic mass is 16.7. The summed E-state index contributed by atoms with van der Waals surface area (Å²) in [5.41, 5.74) is 1.08. The van der Waals surface area contributed by atoms with Gasteiger partial charge in [0.1, 0.15) is 23.1 Å². The first-order valence-corrected chi connectivity index (χ1v) is 8.22. The van der Waals surface area contributed by atoms with Gasteiger partial charge in [-0.15, -0.1) is 0 Å². The lowest BCUT2D eigenvalue weighted by molar-refractivity contribution is -0.233. The van der Waals surface area contributed by atoms with Crippen LogP contribution < -0.4 is 15.7 Å². The Kier molecular flexibility index (Phi) is 4.99. The second-order valence-corrected chi connectivity index (χ2v) is 6.21. The maximum atomic E-state index is 11.9. The molecule has 0 spiro atoms. The number of aliphatic hydroxyl groups is 1. The zero-order valence-corrected chi connectivity index (χ0v) is 14.7. The third kappa shape index (κ3) is 3.35. The van der Waals surface area contributed by atoms with E-state index in [0.717, 1.165) is 5.39 Å². The van der Waals surface area contributed by atoms with E-state index in [1.807, 2.05) is 6.92 Å². The highest BCUT2D eigenvalue weighted by molar-refractivity contribution is 5.84. The largest absolute Gasteiger partial charge is 0.462 e. The zero-order chi connectivity index (χ0) is 18.1. The molecule has 136 valence electrons. The van der Waals surface area contributed by atoms with E-state index in [1.54, 1.807) is 39.3 Å². The summed E-state index contributed by atoms with van der Waals surface area (Å²) < 4.78 is 22.3. The van der Waals surface area contributed by atoms with Crippen LogP contribution in [0.25, 0.3) is 11.0 Å². The van der Waals surface area contributed by atoms with E-state index in [-0.39, 0.29) is 12.2 Å². The summed E-state index contributed by atoms with van der Waals surface area (Å²) in [6.07, 6.45) is -1.56. The van der Waals surface area contributed by atoms with Crippen molar-refractivity contribution in [3.05, 3.63) is 34.2 Å². The molecule has 2 unspecified atom stereocenters. The SMILES string of the molecule is CNc1cc2ccc(OC3O[C@@H](C)C(OC)C[C@H]3O)c(C)c2oc1=O. The van der Waals surface area contributed by atoms with Gasteiger partial charge in [-0.3, -0.25) is 0 Å². The second-order valence-electron chi connectivity index (χ2n) is 6.21. The molecule has 1 saturated heterocycles. The third-order valence-corrected chi connectivity index (χ3v) is 4.58. The monoisotopic (exact) mass is 349 g/mol. The van der Waals surface area contributed by atoms with Crippen molar-refractivity contribution in [3.8, 4) is 5.75 Å². The van der Waals surface area contributed by atoms with Gasteiger partial charge in [0.15, 0.2) is 0 Å². The number of hydrogen-bond acceptors (Lipinski definition) is 7. The van der Waals surface area contributed by atoms with Crippen LogP contribution in [0.3, 0.4) is 0 Å². The summed E-state index contributed by atoms with van der Waals surface area (Å²) in [5.74, 6) is 0.500. The number of aryl methyl sites for hydroxylation is 1. The number of aliphatic hydroxyl groups excluding tert-OH is 1. The van der Waals surface area contributed by atoms with Crippen LogP contribution in [0.15, 0.2) is 27.4 Å². The Morgan fingerprint density at radius 2 is 2.12 bits per heavy atom. The Labute approximate surface area is 145 Å². The Bertz CT molecular complexity index is 817. The number of rotatable bonds is 4. The van der Waals surface area contributed by atoms with E-state index in [2.05, 4.69) is 5.32 Å². The normalized spacial score (nSPS) is 26.6. The van der Waals surface area contributed by atoms with Crippen LogP contribution in [0, 0.1) is 6.92 Å². The highest BCUT2D eigenvalue weighted by Crippen LogP contribution is 2.31. The van der Waals surface area contributed by atoms with Crippen molar-refractivity contribution in [2.75, 3.05) is 19.5 Å². The molecule has 1 aliphatic heterocycles. The van der Waals surface area contributed by atoms with Crippen LogP contribution in [-0.4, -0.2) is 43.9 Å². The van der Waals surface area contributed by atoms with Gasteiger partial charge in [0, 0.05) is 31.5 Å². The molecule has 1 aromatic carbocycles. The zero-order valence-electron chi connectivity index (χ0n) is 14.7. The maximum Gasteiger partial charge on any atom is 0.359 e. The maximum absolute atomic E-state index is 11.9. The van der Waals surface area contributed by atoms with Crippen molar-refractivity contribution in [2.45, 2.75) is 44.9 Å². The molecule has 0 amide bonds. The molecule has 7 heteroatoms. The quantitative estimate of drug-likeness (QED) is 0.816. The molecule has 7 nitrogen and oxygen atoms in total. The standard InChI is InChI=1S/C18H23NO6/c1-9-14(24-18-13(20)8-15(22-4)10(2)23-18)6-5-11-7-12(19-3)17(21)25-16(9)11/h5-7,10,13,15,18-20H,8H2,1-4H3/t10-,13+,15?,18?/m0/s1. The summed E-state index contributed by atoms with van der Waals surface area (Å²) >= 11 is 0. The van der Waals surface area contributed by atoms with Gasteiger partial charge in [0.2, 0.25) is 6.29 Å². The van der Waals surface area contributed by atoms with Crippen LogP contribution in [0.1, 0.15) is 18.9 Å². The minimum atomic E-state index is -0.810. The Hall–Kier alpha value is -2.09. The molecule has 2 N–H and O–H groups in total. The number of ether oxygens (including phenoxy) is 3. The molecule has 0 radical (unpaired) electrons. The first-order chi connectivity index (χ1) is 11.9. The summed E-state index contributed by atoms with van der Waals surface area (Å²) in [6, 6.07) is 5.31. The molecule has 0 bridgehead atoms. The van der Waals surface area contributed by atoms with Gasteiger partial charge in [-0.05, 0) is 32.0 Å². The molecular formula is C18H23NO6. The van der Waals surface area contributed by atoms with Crippen LogP contribution in [0.5, 0.6) is 5.75 Å². The summed E-state index contributed by atoms with van der Waals surface area (Å²) in [7, 11) is 3.26. The molecule has 25 heavy (non-hydrogen) atoms. The topological polar surface area (TPSA) is 90.2 Å². The minimum Gasteiger partial charge on any atom is -0.462 e. The van der Waals surface area contributed by atoms with Crippen molar-refractivity contribution in [3.63, 3.8) is 0 Å². The van der Waals surface area contributed by atoms with Crippen LogP contribution in [-0.2, 0) is 9.47 Å². The Morgan fingerprint density at radius 1 is 1.36 bits per heavy atom. The highest BCUT2D eigenvalue weighted by Gasteiger charge is 2.36. The van der Waals surface area contributed by atoms with Gasteiger partial charge in [0.05, 0.1) is 12.2 Å². The van der Waals surface area contributed by atoms with Gasteiger partial charge in [-0.1, -0.05) is 0 Å². The van der Waals surface area contributed by atoms with Gasteiger partial charge in [0.25, 0.3) is 0 Å². The average molecular weight is 349 g/mol. The first kappa shape index (κ1) is 17.7. The number of benzene rings is 1. The lowest BCUT2D eigenvalue weighted by atomic mass is 10.0. The lowest BCUT2D eigenvalue weighted by Gasteiger charge is -2.37. The fourth-order valence-electron chi connectivity index (χ4n) is 3.06. The molecule has 0 saturated carbocycles. The van der Waals surface area contributed by atoms with E-state index in [1.165, 1.54) is 0 Å².